The number of hydrogen-bond acceptors (Lipinski definition) is 3. The summed E-state index contributed by atoms with van der Waals surface area (Å²) in [4.78, 5) is 14.7. The topological polar surface area (TPSA) is 58.4 Å². The molecule has 134 valence electrons. The number of halogens is 1. The molecule has 1 fully saturated rings. The van der Waals surface area contributed by atoms with Gasteiger partial charge in [0.1, 0.15) is 0 Å². The zero-order valence-electron chi connectivity index (χ0n) is 14.6. The fourth-order valence-corrected chi connectivity index (χ4v) is 3.17. The molecule has 4 nitrogen and oxygen atoms in total. The molecular weight excluding hydrogens is 334 g/mol. The van der Waals surface area contributed by atoms with Crippen LogP contribution in [0.15, 0.2) is 54.6 Å². The second-order valence-electron chi connectivity index (χ2n) is 6.99. The van der Waals surface area contributed by atoms with Crippen LogP contribution < -0.4 is 11.1 Å². The molecule has 25 heavy (non-hydrogen) atoms. The number of para-hydroxylation sites is 1. The van der Waals surface area contributed by atoms with Crippen molar-refractivity contribution in [2.24, 2.45) is 11.1 Å². The number of amides is 1. The third-order valence-electron chi connectivity index (χ3n) is 4.78. The lowest BCUT2D eigenvalue weighted by Gasteiger charge is -2.22. The highest BCUT2D eigenvalue weighted by atomic mass is 35.5. The van der Waals surface area contributed by atoms with E-state index in [2.05, 4.69) is 17.1 Å². The largest absolute Gasteiger partial charge is 0.330 e. The summed E-state index contributed by atoms with van der Waals surface area (Å²) in [5.74, 6) is -0.0790. The van der Waals surface area contributed by atoms with Gasteiger partial charge in [0.2, 0.25) is 0 Å². The smallest absolute Gasteiger partial charge is 0.255 e. The monoisotopic (exact) mass is 359 g/mol. The molecule has 1 atom stereocenters. The third-order valence-corrected chi connectivity index (χ3v) is 4.78. The Labute approximate surface area is 155 Å². The van der Waals surface area contributed by atoms with Crippen LogP contribution in [0.1, 0.15) is 29.3 Å². The van der Waals surface area contributed by atoms with Crippen molar-refractivity contribution in [1.29, 1.82) is 0 Å². The number of benzene rings is 2. The van der Waals surface area contributed by atoms with E-state index in [9.17, 15) is 4.79 Å². The lowest BCUT2D eigenvalue weighted by molar-refractivity contribution is 0.102. The Morgan fingerprint density at radius 3 is 2.44 bits per heavy atom. The van der Waals surface area contributed by atoms with Gasteiger partial charge >= 0.3 is 0 Å². The van der Waals surface area contributed by atoms with Gasteiger partial charge in [0, 0.05) is 24.3 Å². The average Bonchev–Trinajstić information content (AvgIpc) is 2.98. The maximum atomic E-state index is 12.3. The highest BCUT2D eigenvalue weighted by Crippen LogP contribution is 2.29. The molecule has 1 unspecified atom stereocenters. The van der Waals surface area contributed by atoms with Crippen LogP contribution in [0.3, 0.4) is 0 Å². The first kappa shape index (κ1) is 19.4. The van der Waals surface area contributed by atoms with E-state index in [1.54, 1.807) is 0 Å². The number of carbonyl (C=O) groups excluding carboxylic acids is 1. The van der Waals surface area contributed by atoms with Gasteiger partial charge in [-0.25, -0.2) is 0 Å². The molecular formula is C20H26ClN3O. The molecule has 1 aliphatic heterocycles. The van der Waals surface area contributed by atoms with E-state index in [0.29, 0.717) is 5.56 Å². The number of nitrogens with zero attached hydrogens (tertiary/aromatic N) is 1. The average molecular weight is 360 g/mol. The maximum absolute atomic E-state index is 12.3. The van der Waals surface area contributed by atoms with E-state index in [-0.39, 0.29) is 23.7 Å². The van der Waals surface area contributed by atoms with Gasteiger partial charge < -0.3 is 11.1 Å². The van der Waals surface area contributed by atoms with Gasteiger partial charge in [0.05, 0.1) is 0 Å². The summed E-state index contributed by atoms with van der Waals surface area (Å²) in [6.07, 6.45) is 1.15. The van der Waals surface area contributed by atoms with Crippen LogP contribution in [0.5, 0.6) is 0 Å². The molecule has 0 bridgehead atoms. The number of likely N-dealkylation sites (tertiary alicyclic amines) is 1. The van der Waals surface area contributed by atoms with E-state index >= 15 is 0 Å². The van der Waals surface area contributed by atoms with Crippen molar-refractivity contribution in [1.82, 2.24) is 4.90 Å². The highest BCUT2D eigenvalue weighted by Gasteiger charge is 2.32. The molecule has 2 aromatic rings. The van der Waals surface area contributed by atoms with E-state index in [4.69, 9.17) is 5.73 Å². The normalized spacial score (nSPS) is 20.1. The Morgan fingerprint density at radius 1 is 1.16 bits per heavy atom. The third kappa shape index (κ3) is 5.05. The van der Waals surface area contributed by atoms with Crippen molar-refractivity contribution < 1.29 is 4.79 Å². The lowest BCUT2D eigenvalue weighted by Crippen LogP contribution is -2.31. The van der Waals surface area contributed by atoms with Crippen molar-refractivity contribution in [3.63, 3.8) is 0 Å². The summed E-state index contributed by atoms with van der Waals surface area (Å²) in [5, 5.41) is 2.91. The fourth-order valence-electron chi connectivity index (χ4n) is 3.17. The minimum atomic E-state index is -0.0790. The van der Waals surface area contributed by atoms with Gasteiger partial charge in [-0.1, -0.05) is 37.3 Å². The Balaban J connectivity index is 0.00000225. The first-order valence-electron chi connectivity index (χ1n) is 8.46. The number of anilines is 1. The zero-order chi connectivity index (χ0) is 17.0. The molecule has 0 spiro atoms. The summed E-state index contributed by atoms with van der Waals surface area (Å²) >= 11 is 0. The van der Waals surface area contributed by atoms with E-state index in [1.165, 1.54) is 5.56 Å². The standard InChI is InChI=1S/C20H25N3O.ClH/c1-20(14-21)11-12-23(15-20)13-16-7-9-17(10-8-16)19(24)22-18-5-3-2-4-6-18;/h2-10H,11-15,21H2,1H3,(H,22,24);1H. The summed E-state index contributed by atoms with van der Waals surface area (Å²) in [6, 6.07) is 17.4. The zero-order valence-corrected chi connectivity index (χ0v) is 15.4. The molecule has 2 aromatic carbocycles. The maximum Gasteiger partial charge on any atom is 0.255 e. The van der Waals surface area contributed by atoms with Crippen molar-refractivity contribution in [3.05, 3.63) is 65.7 Å². The number of rotatable bonds is 5. The van der Waals surface area contributed by atoms with Gasteiger partial charge in [0.25, 0.3) is 5.91 Å². The Kier molecular flexibility index (Phi) is 6.59. The summed E-state index contributed by atoms with van der Waals surface area (Å²) in [6.45, 7) is 6.03. The number of hydrogen-bond donors (Lipinski definition) is 2. The molecule has 0 saturated carbocycles. The minimum Gasteiger partial charge on any atom is -0.330 e. The Bertz CT molecular complexity index is 690. The predicted molar refractivity (Wildman–Crippen MR) is 105 cm³/mol. The molecule has 3 rings (SSSR count). The van der Waals surface area contributed by atoms with Crippen molar-refractivity contribution in [3.8, 4) is 0 Å². The van der Waals surface area contributed by atoms with Gasteiger partial charge in [-0.3, -0.25) is 9.69 Å². The molecule has 1 heterocycles. The molecule has 5 heteroatoms. The van der Waals surface area contributed by atoms with Crippen LogP contribution in [0.4, 0.5) is 5.69 Å². The van der Waals surface area contributed by atoms with Gasteiger partial charge in [0.15, 0.2) is 0 Å². The highest BCUT2D eigenvalue weighted by molar-refractivity contribution is 6.04. The first-order valence-corrected chi connectivity index (χ1v) is 8.46. The number of nitrogens with one attached hydrogen (secondary N) is 1. The van der Waals surface area contributed by atoms with Gasteiger partial charge in [-0.15, -0.1) is 12.4 Å². The molecule has 1 amide bonds. The van der Waals surface area contributed by atoms with Crippen molar-refractivity contribution >= 4 is 24.0 Å². The molecule has 1 saturated heterocycles. The van der Waals surface area contributed by atoms with E-state index in [1.807, 2.05) is 54.6 Å². The van der Waals surface area contributed by atoms with E-state index < -0.39 is 0 Å². The van der Waals surface area contributed by atoms with Crippen LogP contribution in [0, 0.1) is 5.41 Å². The Morgan fingerprint density at radius 2 is 1.84 bits per heavy atom. The second-order valence-corrected chi connectivity index (χ2v) is 6.99. The van der Waals surface area contributed by atoms with Crippen LogP contribution in [0.2, 0.25) is 0 Å². The molecule has 0 aromatic heterocycles. The first-order chi connectivity index (χ1) is 11.6. The van der Waals surface area contributed by atoms with Crippen molar-refractivity contribution in [2.75, 3.05) is 25.0 Å². The molecule has 0 radical (unpaired) electrons. The summed E-state index contributed by atoms with van der Waals surface area (Å²) < 4.78 is 0. The van der Waals surface area contributed by atoms with Crippen LogP contribution in [0.25, 0.3) is 0 Å². The molecule has 1 aliphatic rings. The lowest BCUT2D eigenvalue weighted by atomic mass is 9.90. The number of nitrogens with two attached hydrogens (primary N) is 1. The summed E-state index contributed by atoms with van der Waals surface area (Å²) in [7, 11) is 0. The van der Waals surface area contributed by atoms with Crippen molar-refractivity contribution in [2.45, 2.75) is 19.9 Å². The predicted octanol–water partition coefficient (Wildman–Crippen LogP) is 3.53. The van der Waals surface area contributed by atoms with Gasteiger partial charge in [-0.2, -0.15) is 0 Å². The minimum absolute atomic E-state index is 0. The van der Waals surface area contributed by atoms with Crippen LogP contribution >= 0.6 is 12.4 Å². The van der Waals surface area contributed by atoms with Crippen LogP contribution in [-0.4, -0.2) is 30.4 Å². The number of carbonyl (C=O) groups is 1. The second kappa shape index (κ2) is 8.48. The molecule has 3 N–H and O–H groups in total. The van der Waals surface area contributed by atoms with Crippen LogP contribution in [-0.2, 0) is 6.54 Å². The van der Waals surface area contributed by atoms with Gasteiger partial charge in [-0.05, 0) is 54.8 Å². The fraction of sp³-hybridized carbons (Fsp3) is 0.350. The Hall–Kier alpha value is -1.88. The SMILES string of the molecule is CC1(CN)CCN(Cc2ccc(C(=O)Nc3ccccc3)cc2)C1.Cl. The summed E-state index contributed by atoms with van der Waals surface area (Å²) in [5.41, 5.74) is 8.83. The quantitative estimate of drug-likeness (QED) is 0.858. The van der Waals surface area contributed by atoms with E-state index in [0.717, 1.165) is 38.3 Å². The molecule has 0 aliphatic carbocycles.